The van der Waals surface area contributed by atoms with Crippen LogP contribution in [0.25, 0.3) is 10.9 Å². The van der Waals surface area contributed by atoms with Gasteiger partial charge in [0.1, 0.15) is 23.7 Å². The number of fused-ring (bicyclic) bond motifs is 1. The molecule has 2 N–H and O–H groups in total. The number of carbonyl (C=O) groups excluding carboxylic acids is 2. The highest BCUT2D eigenvalue weighted by molar-refractivity contribution is 5.94. The summed E-state index contributed by atoms with van der Waals surface area (Å²) in [4.78, 5) is 28.0. The Kier molecular flexibility index (Phi) is 6.51. The Morgan fingerprint density at radius 1 is 0.964 bits per heavy atom. The second-order valence-corrected chi connectivity index (χ2v) is 6.02. The van der Waals surface area contributed by atoms with Gasteiger partial charge in [0.2, 0.25) is 5.91 Å². The molecule has 0 aliphatic carbocycles. The van der Waals surface area contributed by atoms with Crippen LogP contribution < -0.4 is 15.4 Å². The van der Waals surface area contributed by atoms with E-state index in [2.05, 4.69) is 15.6 Å². The van der Waals surface area contributed by atoms with E-state index in [9.17, 15) is 14.0 Å². The van der Waals surface area contributed by atoms with Crippen molar-refractivity contribution < 1.29 is 18.7 Å². The summed E-state index contributed by atoms with van der Waals surface area (Å²) in [5, 5.41) is 6.23. The summed E-state index contributed by atoms with van der Waals surface area (Å²) < 4.78 is 19.2. The van der Waals surface area contributed by atoms with Gasteiger partial charge in [0.25, 0.3) is 5.91 Å². The summed E-state index contributed by atoms with van der Waals surface area (Å²) in [6, 6.07) is 15.2. The van der Waals surface area contributed by atoms with Crippen LogP contribution in [0.5, 0.6) is 5.75 Å². The molecule has 3 rings (SSSR count). The predicted molar refractivity (Wildman–Crippen MR) is 104 cm³/mol. The molecule has 0 aliphatic heterocycles. The first-order chi connectivity index (χ1) is 13.6. The maximum atomic E-state index is 13.5. The number of pyridine rings is 1. The van der Waals surface area contributed by atoms with E-state index in [0.717, 1.165) is 10.9 Å². The van der Waals surface area contributed by atoms with Crippen molar-refractivity contribution in [2.75, 3.05) is 19.7 Å². The molecular weight excluding hydrogens is 361 g/mol. The van der Waals surface area contributed by atoms with Crippen LogP contribution in [0.3, 0.4) is 0 Å². The van der Waals surface area contributed by atoms with Crippen LogP contribution in [0.4, 0.5) is 4.39 Å². The molecule has 0 fully saturated rings. The van der Waals surface area contributed by atoms with Crippen molar-refractivity contribution in [3.63, 3.8) is 0 Å². The Morgan fingerprint density at radius 3 is 2.64 bits per heavy atom. The van der Waals surface area contributed by atoms with E-state index in [0.29, 0.717) is 18.9 Å². The largest absolute Gasteiger partial charge is 0.489 e. The molecule has 1 heterocycles. The lowest BCUT2D eigenvalue weighted by atomic mass is 10.2. The number of hydrogen-bond donors (Lipinski definition) is 2. The third kappa shape index (κ3) is 5.03. The molecule has 3 aromatic rings. The highest BCUT2D eigenvalue weighted by atomic mass is 19.1. The van der Waals surface area contributed by atoms with Gasteiger partial charge in [0.05, 0.1) is 12.1 Å². The predicted octanol–water partition coefficient (Wildman–Crippen LogP) is 2.69. The minimum absolute atomic E-state index is 0.0417. The minimum atomic E-state index is -0.593. The fourth-order valence-corrected chi connectivity index (χ4v) is 2.66. The monoisotopic (exact) mass is 381 g/mol. The summed E-state index contributed by atoms with van der Waals surface area (Å²) in [5.41, 5.74) is 0.729. The molecule has 2 aromatic carbocycles. The average Bonchev–Trinajstić information content (AvgIpc) is 2.71. The van der Waals surface area contributed by atoms with Gasteiger partial charge in [-0.05, 0) is 24.3 Å². The number of hydrogen-bond acceptors (Lipinski definition) is 4. The van der Waals surface area contributed by atoms with E-state index in [-0.39, 0.29) is 24.4 Å². The van der Waals surface area contributed by atoms with Gasteiger partial charge in [-0.3, -0.25) is 14.6 Å². The van der Waals surface area contributed by atoms with Gasteiger partial charge in [-0.15, -0.1) is 0 Å². The zero-order valence-electron chi connectivity index (χ0n) is 15.2. The minimum Gasteiger partial charge on any atom is -0.489 e. The number of halogens is 1. The number of benzene rings is 2. The number of ether oxygens (including phenoxy) is 1. The van der Waals surface area contributed by atoms with E-state index in [4.69, 9.17) is 4.74 Å². The third-order valence-electron chi connectivity index (χ3n) is 4.03. The summed E-state index contributed by atoms with van der Waals surface area (Å²) in [6.07, 6.45) is 1.79. The Balaban J connectivity index is 1.37. The number of carbonyl (C=O) groups is 2. The maximum absolute atomic E-state index is 13.5. The van der Waals surface area contributed by atoms with Crippen molar-refractivity contribution in [3.05, 3.63) is 72.2 Å². The van der Waals surface area contributed by atoms with Crippen molar-refractivity contribution in [2.24, 2.45) is 0 Å². The molecule has 0 spiro atoms. The first-order valence-electron chi connectivity index (χ1n) is 8.91. The molecule has 2 amide bonds. The van der Waals surface area contributed by atoms with Crippen LogP contribution in [0.15, 0.2) is 60.8 Å². The SMILES string of the molecule is O=C(CCNC(=O)c1ccccc1F)NCCOc1cccc2cccnc12. The molecular formula is C21H20FN3O3. The van der Waals surface area contributed by atoms with Crippen molar-refractivity contribution >= 4 is 22.7 Å². The van der Waals surface area contributed by atoms with Crippen molar-refractivity contribution in [3.8, 4) is 5.75 Å². The highest BCUT2D eigenvalue weighted by Crippen LogP contribution is 2.22. The van der Waals surface area contributed by atoms with Gasteiger partial charge in [0, 0.05) is 24.5 Å². The molecule has 0 bridgehead atoms. The third-order valence-corrected chi connectivity index (χ3v) is 4.03. The van der Waals surface area contributed by atoms with Crippen LogP contribution in [0, 0.1) is 5.82 Å². The second kappa shape index (κ2) is 9.45. The molecule has 0 aliphatic rings. The molecule has 0 atom stereocenters. The van der Waals surface area contributed by atoms with E-state index in [1.807, 2.05) is 30.3 Å². The second-order valence-electron chi connectivity index (χ2n) is 6.02. The van der Waals surface area contributed by atoms with Gasteiger partial charge in [0.15, 0.2) is 0 Å². The number of para-hydroxylation sites is 1. The Hall–Kier alpha value is -3.48. The number of aromatic nitrogens is 1. The van der Waals surface area contributed by atoms with Crippen molar-refractivity contribution in [1.29, 1.82) is 0 Å². The molecule has 0 saturated heterocycles. The topological polar surface area (TPSA) is 80.3 Å². The maximum Gasteiger partial charge on any atom is 0.254 e. The molecule has 28 heavy (non-hydrogen) atoms. The lowest BCUT2D eigenvalue weighted by Gasteiger charge is -2.10. The van der Waals surface area contributed by atoms with Gasteiger partial charge >= 0.3 is 0 Å². The van der Waals surface area contributed by atoms with Crippen LogP contribution in [0.2, 0.25) is 0 Å². The smallest absolute Gasteiger partial charge is 0.254 e. The van der Waals surface area contributed by atoms with Gasteiger partial charge < -0.3 is 15.4 Å². The van der Waals surface area contributed by atoms with E-state index < -0.39 is 11.7 Å². The van der Waals surface area contributed by atoms with Crippen LogP contribution in [-0.2, 0) is 4.79 Å². The Labute approximate surface area is 161 Å². The molecule has 6 nitrogen and oxygen atoms in total. The zero-order chi connectivity index (χ0) is 19.8. The fraction of sp³-hybridized carbons (Fsp3) is 0.190. The van der Waals surface area contributed by atoms with Gasteiger partial charge in [-0.2, -0.15) is 0 Å². The van der Waals surface area contributed by atoms with Crippen LogP contribution in [0.1, 0.15) is 16.8 Å². The molecule has 144 valence electrons. The van der Waals surface area contributed by atoms with Crippen molar-refractivity contribution in [1.82, 2.24) is 15.6 Å². The zero-order valence-corrected chi connectivity index (χ0v) is 15.2. The lowest BCUT2D eigenvalue weighted by Crippen LogP contribution is -2.33. The van der Waals surface area contributed by atoms with Crippen molar-refractivity contribution in [2.45, 2.75) is 6.42 Å². The quantitative estimate of drug-likeness (QED) is 0.588. The normalized spacial score (nSPS) is 10.5. The molecule has 0 radical (unpaired) electrons. The molecule has 7 heteroatoms. The average molecular weight is 381 g/mol. The standard InChI is InChI=1S/C21H20FN3O3/c22-17-8-2-1-7-16(17)21(27)25-12-10-19(26)23-13-14-28-18-9-3-5-15-6-4-11-24-20(15)18/h1-9,11H,10,12-14H2,(H,23,26)(H,25,27). The Morgan fingerprint density at radius 2 is 1.79 bits per heavy atom. The first-order valence-corrected chi connectivity index (χ1v) is 8.91. The molecule has 0 unspecified atom stereocenters. The molecule has 1 aromatic heterocycles. The van der Waals surface area contributed by atoms with Crippen LogP contribution >= 0.6 is 0 Å². The molecule has 0 saturated carbocycles. The lowest BCUT2D eigenvalue weighted by molar-refractivity contribution is -0.121. The summed E-state index contributed by atoms with van der Waals surface area (Å²) in [6.45, 7) is 0.736. The summed E-state index contributed by atoms with van der Waals surface area (Å²) >= 11 is 0. The van der Waals surface area contributed by atoms with Gasteiger partial charge in [-0.1, -0.05) is 30.3 Å². The van der Waals surface area contributed by atoms with E-state index >= 15 is 0 Å². The Bertz CT molecular complexity index is 973. The van der Waals surface area contributed by atoms with Crippen LogP contribution in [-0.4, -0.2) is 36.5 Å². The number of rotatable bonds is 8. The summed E-state index contributed by atoms with van der Waals surface area (Å²) in [7, 11) is 0. The van der Waals surface area contributed by atoms with E-state index in [1.165, 1.54) is 18.2 Å². The number of nitrogens with one attached hydrogen (secondary N) is 2. The van der Waals surface area contributed by atoms with E-state index in [1.54, 1.807) is 12.3 Å². The number of nitrogens with zero attached hydrogens (tertiary/aromatic N) is 1. The fourth-order valence-electron chi connectivity index (χ4n) is 2.66. The summed E-state index contributed by atoms with van der Waals surface area (Å²) in [5.74, 6) is -0.708. The highest BCUT2D eigenvalue weighted by Gasteiger charge is 2.10. The van der Waals surface area contributed by atoms with Gasteiger partial charge in [-0.25, -0.2) is 4.39 Å². The number of amides is 2. The first kappa shape index (κ1) is 19.3.